The van der Waals surface area contributed by atoms with Gasteiger partial charge in [0.25, 0.3) is 0 Å². The minimum absolute atomic E-state index is 0.0702. The lowest BCUT2D eigenvalue weighted by atomic mass is 9.99. The van der Waals surface area contributed by atoms with Gasteiger partial charge in [0.1, 0.15) is 5.75 Å². The molecule has 146 valence electrons. The third-order valence-corrected chi connectivity index (χ3v) is 6.38. The van der Waals surface area contributed by atoms with Crippen molar-refractivity contribution in [1.29, 1.82) is 0 Å². The summed E-state index contributed by atoms with van der Waals surface area (Å²) >= 11 is 1.79. The third-order valence-electron chi connectivity index (χ3n) is 5.18. The summed E-state index contributed by atoms with van der Waals surface area (Å²) in [6.07, 6.45) is 2.25. The average molecular weight is 396 g/mol. The number of para-hydroxylation sites is 1. The number of ether oxygens (including phenoxy) is 1. The highest BCUT2D eigenvalue weighted by atomic mass is 32.1. The Morgan fingerprint density at radius 1 is 1.25 bits per heavy atom. The number of nitrogens with one attached hydrogen (secondary N) is 1. The maximum Gasteiger partial charge on any atom is 0.234 e. The lowest BCUT2D eigenvalue weighted by molar-refractivity contribution is -0.122. The Kier molecular flexibility index (Phi) is 5.88. The minimum Gasteiger partial charge on any atom is -0.497 e. The molecule has 1 fully saturated rings. The number of benzene rings is 2. The summed E-state index contributed by atoms with van der Waals surface area (Å²) in [5.41, 5.74) is 2.15. The zero-order valence-electron chi connectivity index (χ0n) is 16.1. The molecule has 1 atom stereocenters. The largest absolute Gasteiger partial charge is 0.497 e. The Balaban J connectivity index is 1.30. The molecule has 0 saturated carbocycles. The van der Waals surface area contributed by atoms with Crippen molar-refractivity contribution in [3.8, 4) is 5.75 Å². The number of thiazole rings is 1. The lowest BCUT2D eigenvalue weighted by Gasteiger charge is -2.31. The van der Waals surface area contributed by atoms with Crippen LogP contribution in [-0.2, 0) is 11.3 Å². The van der Waals surface area contributed by atoms with E-state index in [0.29, 0.717) is 19.0 Å². The first kappa shape index (κ1) is 18.9. The number of nitrogens with zero attached hydrogens (tertiary/aromatic N) is 2. The average Bonchev–Trinajstić information content (AvgIpc) is 3.17. The number of likely N-dealkylation sites (tertiary alicyclic amines) is 1. The van der Waals surface area contributed by atoms with Crippen LogP contribution in [0.15, 0.2) is 48.5 Å². The van der Waals surface area contributed by atoms with Crippen LogP contribution in [0.5, 0.6) is 5.75 Å². The second-order valence-electron chi connectivity index (χ2n) is 7.22. The molecule has 4 rings (SSSR count). The summed E-state index contributed by atoms with van der Waals surface area (Å²) in [5, 5.41) is 4.22. The van der Waals surface area contributed by atoms with Gasteiger partial charge in [0.2, 0.25) is 5.91 Å². The van der Waals surface area contributed by atoms with Crippen molar-refractivity contribution >= 4 is 27.5 Å². The fourth-order valence-corrected chi connectivity index (χ4v) is 4.76. The van der Waals surface area contributed by atoms with E-state index < -0.39 is 0 Å². The van der Waals surface area contributed by atoms with E-state index in [2.05, 4.69) is 28.4 Å². The fraction of sp³-hybridized carbons (Fsp3) is 0.364. The van der Waals surface area contributed by atoms with Crippen LogP contribution in [-0.4, -0.2) is 42.5 Å². The summed E-state index contributed by atoms with van der Waals surface area (Å²) in [5.74, 6) is 1.31. The maximum atomic E-state index is 12.4. The van der Waals surface area contributed by atoms with E-state index in [9.17, 15) is 4.79 Å². The predicted molar refractivity (Wildman–Crippen MR) is 113 cm³/mol. The standard InChI is InChI=1S/C22H25N3O2S/c1-27-18-10-8-16(9-11-18)13-23-21(26)15-25-12-4-5-17(14-25)22-24-19-6-2-3-7-20(19)28-22/h2-3,6-11,17H,4-5,12-15H2,1H3,(H,23,26)/t17-/m1/s1. The van der Waals surface area contributed by atoms with E-state index in [1.807, 2.05) is 30.3 Å². The molecule has 6 heteroatoms. The van der Waals surface area contributed by atoms with Crippen molar-refractivity contribution in [3.63, 3.8) is 0 Å². The van der Waals surface area contributed by atoms with Crippen LogP contribution in [0.4, 0.5) is 0 Å². The highest BCUT2D eigenvalue weighted by Crippen LogP contribution is 2.32. The molecule has 5 nitrogen and oxygen atoms in total. The van der Waals surface area contributed by atoms with Crippen LogP contribution in [0.3, 0.4) is 0 Å². The van der Waals surface area contributed by atoms with Crippen LogP contribution in [0, 0.1) is 0 Å². The molecule has 1 aliphatic heterocycles. The van der Waals surface area contributed by atoms with Crippen molar-refractivity contribution in [2.75, 3.05) is 26.7 Å². The van der Waals surface area contributed by atoms with Gasteiger partial charge in [0.15, 0.2) is 0 Å². The summed E-state index contributed by atoms with van der Waals surface area (Å²) in [6.45, 7) is 2.85. The summed E-state index contributed by atoms with van der Waals surface area (Å²) in [6, 6.07) is 16.1. The third kappa shape index (κ3) is 4.51. The highest BCUT2D eigenvalue weighted by Gasteiger charge is 2.25. The van der Waals surface area contributed by atoms with E-state index in [-0.39, 0.29) is 5.91 Å². The lowest BCUT2D eigenvalue weighted by Crippen LogP contribution is -2.41. The smallest absolute Gasteiger partial charge is 0.234 e. The molecule has 0 aliphatic carbocycles. The predicted octanol–water partition coefficient (Wildman–Crippen LogP) is 3.80. The molecule has 0 unspecified atom stereocenters. The molecule has 1 N–H and O–H groups in total. The van der Waals surface area contributed by atoms with Crippen molar-refractivity contribution in [2.24, 2.45) is 0 Å². The maximum absolute atomic E-state index is 12.4. The van der Waals surface area contributed by atoms with Crippen LogP contribution in [0.2, 0.25) is 0 Å². The Morgan fingerprint density at radius 3 is 2.86 bits per heavy atom. The van der Waals surface area contributed by atoms with Gasteiger partial charge >= 0.3 is 0 Å². The Morgan fingerprint density at radius 2 is 2.07 bits per heavy atom. The number of fused-ring (bicyclic) bond motifs is 1. The molecule has 2 aromatic carbocycles. The summed E-state index contributed by atoms with van der Waals surface area (Å²) < 4.78 is 6.41. The minimum atomic E-state index is 0.0702. The normalized spacial score (nSPS) is 17.5. The fourth-order valence-electron chi connectivity index (χ4n) is 3.67. The molecule has 0 bridgehead atoms. The zero-order valence-corrected chi connectivity index (χ0v) is 16.9. The van der Waals surface area contributed by atoms with Crippen LogP contribution in [0.25, 0.3) is 10.2 Å². The van der Waals surface area contributed by atoms with E-state index >= 15 is 0 Å². The number of hydrogen-bond acceptors (Lipinski definition) is 5. The molecule has 2 heterocycles. The van der Waals surface area contributed by atoms with E-state index in [4.69, 9.17) is 9.72 Å². The zero-order chi connectivity index (χ0) is 19.3. The SMILES string of the molecule is COc1ccc(CNC(=O)CN2CCC[C@@H](c3nc4ccccc4s3)C2)cc1. The number of methoxy groups -OCH3 is 1. The van der Waals surface area contributed by atoms with Crippen LogP contribution >= 0.6 is 11.3 Å². The van der Waals surface area contributed by atoms with Crippen LogP contribution < -0.4 is 10.1 Å². The van der Waals surface area contributed by atoms with E-state index in [1.165, 1.54) is 9.71 Å². The van der Waals surface area contributed by atoms with Gasteiger partial charge in [-0.15, -0.1) is 11.3 Å². The van der Waals surface area contributed by atoms with Crippen molar-refractivity contribution in [2.45, 2.75) is 25.3 Å². The van der Waals surface area contributed by atoms with Gasteiger partial charge in [-0.05, 0) is 49.2 Å². The van der Waals surface area contributed by atoms with Gasteiger partial charge in [-0.25, -0.2) is 4.98 Å². The van der Waals surface area contributed by atoms with Crippen molar-refractivity contribution < 1.29 is 9.53 Å². The molecule has 1 aromatic heterocycles. The van der Waals surface area contributed by atoms with Gasteiger partial charge in [-0.3, -0.25) is 9.69 Å². The number of aromatic nitrogens is 1. The number of rotatable bonds is 6. The molecule has 1 saturated heterocycles. The van der Waals surface area contributed by atoms with Gasteiger partial charge in [0.05, 0.1) is 28.9 Å². The van der Waals surface area contributed by atoms with Crippen LogP contribution in [0.1, 0.15) is 29.3 Å². The number of piperidine rings is 1. The number of carbonyl (C=O) groups is 1. The molecule has 0 spiro atoms. The molecule has 0 radical (unpaired) electrons. The van der Waals surface area contributed by atoms with Gasteiger partial charge in [0, 0.05) is 19.0 Å². The molecule has 1 aliphatic rings. The molecule has 3 aromatic rings. The van der Waals surface area contributed by atoms with E-state index in [0.717, 1.165) is 42.8 Å². The van der Waals surface area contributed by atoms with Crippen molar-refractivity contribution in [3.05, 3.63) is 59.1 Å². The summed E-state index contributed by atoms with van der Waals surface area (Å²) in [4.78, 5) is 19.5. The second kappa shape index (κ2) is 8.71. The number of hydrogen-bond donors (Lipinski definition) is 1. The number of amides is 1. The van der Waals surface area contributed by atoms with Gasteiger partial charge in [-0.1, -0.05) is 24.3 Å². The number of carbonyl (C=O) groups excluding carboxylic acids is 1. The topological polar surface area (TPSA) is 54.5 Å². The molecule has 1 amide bonds. The monoisotopic (exact) mass is 395 g/mol. The van der Waals surface area contributed by atoms with Crippen molar-refractivity contribution in [1.82, 2.24) is 15.2 Å². The first-order chi connectivity index (χ1) is 13.7. The summed E-state index contributed by atoms with van der Waals surface area (Å²) in [7, 11) is 1.65. The second-order valence-corrected chi connectivity index (χ2v) is 8.28. The van der Waals surface area contributed by atoms with Gasteiger partial charge < -0.3 is 10.1 Å². The molecular formula is C22H25N3O2S. The van der Waals surface area contributed by atoms with E-state index in [1.54, 1.807) is 18.4 Å². The Hall–Kier alpha value is -2.44. The first-order valence-electron chi connectivity index (χ1n) is 9.69. The molecule has 28 heavy (non-hydrogen) atoms. The quantitative estimate of drug-likeness (QED) is 0.690. The Labute approximate surface area is 169 Å². The molecular weight excluding hydrogens is 370 g/mol. The Bertz CT molecular complexity index is 905. The first-order valence-corrected chi connectivity index (χ1v) is 10.5. The van der Waals surface area contributed by atoms with Gasteiger partial charge in [-0.2, -0.15) is 0 Å². The highest BCUT2D eigenvalue weighted by molar-refractivity contribution is 7.18.